The Morgan fingerprint density at radius 3 is 2.32 bits per heavy atom. The highest BCUT2D eigenvalue weighted by Crippen LogP contribution is 2.35. The van der Waals surface area contributed by atoms with E-state index in [1.54, 1.807) is 13.8 Å². The monoisotopic (exact) mass is 291 g/mol. The number of sulfone groups is 1. The molecule has 0 aliphatic heterocycles. The molecular formula is C14H29NO3S. The zero-order chi connectivity index (χ0) is 14.5. The summed E-state index contributed by atoms with van der Waals surface area (Å²) in [6.07, 6.45) is 5.42. The second kappa shape index (κ2) is 7.04. The van der Waals surface area contributed by atoms with Gasteiger partial charge in [0.05, 0.1) is 23.2 Å². The van der Waals surface area contributed by atoms with E-state index in [-0.39, 0.29) is 23.2 Å². The first kappa shape index (κ1) is 16.9. The lowest BCUT2D eigenvalue weighted by Crippen LogP contribution is -2.45. The molecule has 1 saturated carbocycles. The van der Waals surface area contributed by atoms with Crippen molar-refractivity contribution in [3.8, 4) is 0 Å². The van der Waals surface area contributed by atoms with Crippen LogP contribution in [0.15, 0.2) is 0 Å². The van der Waals surface area contributed by atoms with Gasteiger partial charge in [0.1, 0.15) is 0 Å². The van der Waals surface area contributed by atoms with Crippen molar-refractivity contribution in [1.82, 2.24) is 0 Å². The van der Waals surface area contributed by atoms with Gasteiger partial charge in [-0.1, -0.05) is 13.3 Å². The fourth-order valence-corrected chi connectivity index (χ4v) is 3.42. The number of hydrogen-bond donors (Lipinski definition) is 1. The summed E-state index contributed by atoms with van der Waals surface area (Å²) in [5, 5.41) is -0.333. The van der Waals surface area contributed by atoms with Crippen LogP contribution in [0.1, 0.15) is 52.9 Å². The molecular weight excluding hydrogens is 262 g/mol. The van der Waals surface area contributed by atoms with Crippen molar-refractivity contribution in [3.05, 3.63) is 0 Å². The molecule has 19 heavy (non-hydrogen) atoms. The topological polar surface area (TPSA) is 69.4 Å². The molecule has 0 aromatic carbocycles. The van der Waals surface area contributed by atoms with Gasteiger partial charge in [-0.15, -0.1) is 0 Å². The zero-order valence-corrected chi connectivity index (χ0v) is 13.3. The third-order valence-corrected chi connectivity index (χ3v) is 6.63. The molecule has 0 aromatic rings. The summed E-state index contributed by atoms with van der Waals surface area (Å²) >= 11 is 0. The molecule has 4 nitrogen and oxygen atoms in total. The molecule has 1 rings (SSSR count). The Balaban J connectivity index is 2.46. The molecule has 1 fully saturated rings. The lowest BCUT2D eigenvalue weighted by atomic mass is 9.77. The minimum Gasteiger partial charge on any atom is -0.373 e. The Labute approximate surface area is 118 Å². The Kier molecular flexibility index (Phi) is 6.27. The summed E-state index contributed by atoms with van der Waals surface area (Å²) in [7, 11) is -3.02. The summed E-state index contributed by atoms with van der Waals surface area (Å²) in [5.74, 6) is 0.881. The molecule has 1 aliphatic carbocycles. The van der Waals surface area contributed by atoms with E-state index >= 15 is 0 Å². The van der Waals surface area contributed by atoms with E-state index in [9.17, 15) is 8.42 Å². The Hall–Kier alpha value is -0.130. The molecule has 0 aromatic heterocycles. The molecule has 0 atom stereocenters. The summed E-state index contributed by atoms with van der Waals surface area (Å²) in [5.41, 5.74) is 5.58. The highest BCUT2D eigenvalue weighted by molar-refractivity contribution is 7.91. The molecule has 2 N–H and O–H groups in total. The Bertz CT molecular complexity index is 357. The van der Waals surface area contributed by atoms with Crippen molar-refractivity contribution in [1.29, 1.82) is 0 Å². The Morgan fingerprint density at radius 2 is 1.89 bits per heavy atom. The van der Waals surface area contributed by atoms with Gasteiger partial charge in [0.15, 0.2) is 9.84 Å². The van der Waals surface area contributed by atoms with Crippen LogP contribution in [0.4, 0.5) is 0 Å². The molecule has 5 heteroatoms. The van der Waals surface area contributed by atoms with Crippen molar-refractivity contribution >= 4 is 9.84 Å². The summed E-state index contributed by atoms with van der Waals surface area (Å²) in [6, 6.07) is 0. The number of hydrogen-bond acceptors (Lipinski definition) is 4. The quantitative estimate of drug-likeness (QED) is 0.780. The largest absolute Gasteiger partial charge is 0.373 e. The van der Waals surface area contributed by atoms with Gasteiger partial charge in [-0.2, -0.15) is 0 Å². The van der Waals surface area contributed by atoms with Gasteiger partial charge in [-0.3, -0.25) is 0 Å². The highest BCUT2D eigenvalue weighted by atomic mass is 32.2. The molecule has 0 heterocycles. The number of ether oxygens (including phenoxy) is 1. The van der Waals surface area contributed by atoms with Crippen LogP contribution in [0.25, 0.3) is 0 Å². The average molecular weight is 291 g/mol. The first-order valence-electron chi connectivity index (χ1n) is 7.41. The smallest absolute Gasteiger partial charge is 0.154 e. The van der Waals surface area contributed by atoms with Crippen LogP contribution in [-0.2, 0) is 14.6 Å². The summed E-state index contributed by atoms with van der Waals surface area (Å²) in [6.45, 7) is 6.40. The maximum absolute atomic E-state index is 11.8. The molecule has 0 radical (unpaired) electrons. The lowest BCUT2D eigenvalue weighted by Gasteiger charge is -2.39. The third kappa shape index (κ3) is 4.72. The first-order valence-corrected chi connectivity index (χ1v) is 9.12. The van der Waals surface area contributed by atoms with E-state index in [1.165, 1.54) is 6.42 Å². The fourth-order valence-electron chi connectivity index (χ4n) is 2.63. The summed E-state index contributed by atoms with van der Waals surface area (Å²) < 4.78 is 29.4. The van der Waals surface area contributed by atoms with Crippen LogP contribution in [0.3, 0.4) is 0 Å². The van der Waals surface area contributed by atoms with Gasteiger partial charge < -0.3 is 10.5 Å². The second-order valence-corrected chi connectivity index (χ2v) is 8.68. The normalized spacial score (nSPS) is 28.8. The van der Waals surface area contributed by atoms with Crippen LogP contribution in [-0.4, -0.2) is 38.2 Å². The van der Waals surface area contributed by atoms with Crippen molar-refractivity contribution in [2.24, 2.45) is 11.7 Å². The maximum atomic E-state index is 11.8. The Morgan fingerprint density at radius 1 is 1.32 bits per heavy atom. The van der Waals surface area contributed by atoms with E-state index in [0.717, 1.165) is 31.6 Å². The molecule has 0 amide bonds. The predicted molar refractivity (Wildman–Crippen MR) is 78.9 cm³/mol. The highest BCUT2D eigenvalue weighted by Gasteiger charge is 2.34. The molecule has 114 valence electrons. The van der Waals surface area contributed by atoms with Crippen LogP contribution >= 0.6 is 0 Å². The van der Waals surface area contributed by atoms with Crippen molar-refractivity contribution < 1.29 is 13.2 Å². The van der Waals surface area contributed by atoms with Gasteiger partial charge in [0.2, 0.25) is 0 Å². The maximum Gasteiger partial charge on any atom is 0.154 e. The first-order chi connectivity index (χ1) is 8.85. The van der Waals surface area contributed by atoms with Gasteiger partial charge >= 0.3 is 0 Å². The van der Waals surface area contributed by atoms with E-state index in [0.29, 0.717) is 6.54 Å². The van der Waals surface area contributed by atoms with E-state index < -0.39 is 9.84 Å². The number of nitrogens with two attached hydrogens (primary N) is 1. The van der Waals surface area contributed by atoms with Crippen LogP contribution in [0.2, 0.25) is 0 Å². The van der Waals surface area contributed by atoms with Crippen LogP contribution < -0.4 is 5.73 Å². The van der Waals surface area contributed by atoms with Crippen LogP contribution in [0.5, 0.6) is 0 Å². The molecule has 1 aliphatic rings. The van der Waals surface area contributed by atoms with Gasteiger partial charge in [-0.25, -0.2) is 8.42 Å². The fraction of sp³-hybridized carbons (Fsp3) is 1.00. The molecule has 0 saturated heterocycles. The van der Waals surface area contributed by atoms with Crippen molar-refractivity contribution in [3.63, 3.8) is 0 Å². The standard InChI is InChI=1S/C14H29NO3S/c1-4-13-5-7-14(11-15,8-6-13)18-9-10-19(16,17)12(2)3/h12-13H,4-11,15H2,1-3H3. The summed E-state index contributed by atoms with van der Waals surface area (Å²) in [4.78, 5) is 0. The van der Waals surface area contributed by atoms with Crippen molar-refractivity contribution in [2.75, 3.05) is 18.9 Å². The number of rotatable bonds is 7. The average Bonchev–Trinajstić information content (AvgIpc) is 2.39. The van der Waals surface area contributed by atoms with E-state index in [4.69, 9.17) is 10.5 Å². The minimum absolute atomic E-state index is 0.101. The second-order valence-electron chi connectivity index (χ2n) is 6.00. The SMILES string of the molecule is CCC1CCC(CN)(OCCS(=O)(=O)C(C)C)CC1. The molecule has 0 bridgehead atoms. The van der Waals surface area contributed by atoms with Gasteiger partial charge in [0, 0.05) is 6.54 Å². The minimum atomic E-state index is -3.02. The van der Waals surface area contributed by atoms with Crippen molar-refractivity contribution in [2.45, 2.75) is 63.7 Å². The van der Waals surface area contributed by atoms with Gasteiger partial charge in [0.25, 0.3) is 0 Å². The van der Waals surface area contributed by atoms with E-state index in [1.807, 2.05) is 0 Å². The zero-order valence-electron chi connectivity index (χ0n) is 12.5. The van der Waals surface area contributed by atoms with Crippen LogP contribution in [0, 0.1) is 5.92 Å². The third-order valence-electron chi connectivity index (χ3n) is 4.46. The lowest BCUT2D eigenvalue weighted by molar-refractivity contribution is -0.0652. The van der Waals surface area contributed by atoms with E-state index in [2.05, 4.69) is 6.92 Å². The predicted octanol–water partition coefficient (Wildman–Crippen LogP) is 2.12. The molecule has 0 unspecified atom stereocenters. The molecule has 0 spiro atoms. The van der Waals surface area contributed by atoms with Gasteiger partial charge in [-0.05, 0) is 45.4 Å².